The second-order valence-corrected chi connectivity index (χ2v) is 6.63. The van der Waals surface area contributed by atoms with Gasteiger partial charge in [-0.05, 0) is 61.2 Å². The molecule has 30 heavy (non-hydrogen) atoms. The molecule has 0 fully saturated rings. The molecular weight excluding hydrogens is 384 g/mol. The van der Waals surface area contributed by atoms with Gasteiger partial charge in [0.05, 0.1) is 25.4 Å². The molecule has 0 bridgehead atoms. The molecule has 0 unspecified atom stereocenters. The van der Waals surface area contributed by atoms with Gasteiger partial charge >= 0.3 is 17.9 Å². The van der Waals surface area contributed by atoms with Gasteiger partial charge in [0.25, 0.3) is 0 Å². The third kappa shape index (κ3) is 3.49. The number of carbonyl (C=O) groups excluding carboxylic acids is 3. The average Bonchev–Trinajstić information content (AvgIpc) is 3.10. The predicted molar refractivity (Wildman–Crippen MR) is 112 cm³/mol. The van der Waals surface area contributed by atoms with Crippen molar-refractivity contribution in [2.24, 2.45) is 0 Å². The van der Waals surface area contributed by atoms with E-state index in [2.05, 4.69) is 0 Å². The second kappa shape index (κ2) is 8.95. The first-order valence-corrected chi connectivity index (χ1v) is 9.94. The van der Waals surface area contributed by atoms with Crippen LogP contribution in [0.3, 0.4) is 0 Å². The molecule has 0 saturated heterocycles. The van der Waals surface area contributed by atoms with Gasteiger partial charge < -0.3 is 14.2 Å². The number of fused-ring (bicyclic) bond motifs is 1. The Hall–Kier alpha value is -3.41. The molecule has 1 aliphatic carbocycles. The van der Waals surface area contributed by atoms with Crippen molar-refractivity contribution in [1.82, 2.24) is 0 Å². The quantitative estimate of drug-likeness (QED) is 0.394. The lowest BCUT2D eigenvalue weighted by atomic mass is 9.74. The number of hydrogen-bond acceptors (Lipinski definition) is 6. The van der Waals surface area contributed by atoms with Crippen LogP contribution in [0.25, 0.3) is 11.6 Å². The number of hydrogen-bond donors (Lipinski definition) is 0. The van der Waals surface area contributed by atoms with E-state index in [0.717, 1.165) is 5.56 Å². The smallest absolute Gasteiger partial charge is 0.338 e. The molecule has 156 valence electrons. The van der Waals surface area contributed by atoms with Crippen LogP contribution in [0.4, 0.5) is 0 Å². The fourth-order valence-corrected chi connectivity index (χ4v) is 3.68. The molecule has 2 aromatic carbocycles. The van der Waals surface area contributed by atoms with E-state index in [4.69, 9.17) is 14.2 Å². The van der Waals surface area contributed by atoms with Crippen LogP contribution < -0.4 is 0 Å². The van der Waals surface area contributed by atoms with Crippen molar-refractivity contribution in [3.8, 4) is 0 Å². The first-order valence-electron chi connectivity index (χ1n) is 9.94. The highest BCUT2D eigenvalue weighted by Gasteiger charge is 2.57. The summed E-state index contributed by atoms with van der Waals surface area (Å²) in [6, 6.07) is 13.8. The standard InChI is InChI=1S/C24H24O6/c1-4-28-21(25)17-13-11-16(12-14-17)20-15-18-9-7-8-10-19(18)24(20,22(26)29-5-2)23(27)30-6-3/h7-15H,4-6H2,1-3H3. The highest BCUT2D eigenvalue weighted by Crippen LogP contribution is 2.48. The van der Waals surface area contributed by atoms with Crippen molar-refractivity contribution in [3.05, 3.63) is 70.8 Å². The Kier molecular flexibility index (Phi) is 6.35. The summed E-state index contributed by atoms with van der Waals surface area (Å²) in [7, 11) is 0. The molecule has 3 rings (SSSR count). The Bertz CT molecular complexity index is 969. The van der Waals surface area contributed by atoms with E-state index in [0.29, 0.717) is 22.3 Å². The van der Waals surface area contributed by atoms with Crippen molar-refractivity contribution in [2.75, 3.05) is 19.8 Å². The Labute approximate surface area is 175 Å². The van der Waals surface area contributed by atoms with Crippen LogP contribution in [-0.4, -0.2) is 37.7 Å². The number of carbonyl (C=O) groups is 3. The van der Waals surface area contributed by atoms with E-state index in [1.807, 2.05) is 12.1 Å². The highest BCUT2D eigenvalue weighted by atomic mass is 16.6. The molecule has 6 heteroatoms. The number of ether oxygens (including phenoxy) is 3. The van der Waals surface area contributed by atoms with Gasteiger partial charge in [-0.3, -0.25) is 9.59 Å². The van der Waals surface area contributed by atoms with E-state index in [-0.39, 0.29) is 19.8 Å². The van der Waals surface area contributed by atoms with Gasteiger partial charge in [0.1, 0.15) is 0 Å². The van der Waals surface area contributed by atoms with Crippen LogP contribution in [0.5, 0.6) is 0 Å². The Morgan fingerprint density at radius 1 is 0.767 bits per heavy atom. The van der Waals surface area contributed by atoms with Crippen molar-refractivity contribution in [2.45, 2.75) is 26.2 Å². The van der Waals surface area contributed by atoms with E-state index >= 15 is 0 Å². The Morgan fingerprint density at radius 3 is 1.90 bits per heavy atom. The molecule has 0 atom stereocenters. The normalized spacial score (nSPS) is 13.8. The van der Waals surface area contributed by atoms with E-state index in [1.165, 1.54) is 0 Å². The minimum atomic E-state index is -1.73. The second-order valence-electron chi connectivity index (χ2n) is 6.63. The lowest BCUT2D eigenvalue weighted by molar-refractivity contribution is -0.161. The molecule has 0 N–H and O–H groups in total. The summed E-state index contributed by atoms with van der Waals surface area (Å²) in [5, 5.41) is 0. The summed E-state index contributed by atoms with van der Waals surface area (Å²) in [5.41, 5.74) is 0.981. The zero-order valence-corrected chi connectivity index (χ0v) is 17.3. The van der Waals surface area contributed by atoms with E-state index in [1.54, 1.807) is 63.2 Å². The largest absolute Gasteiger partial charge is 0.465 e. The third-order valence-electron chi connectivity index (χ3n) is 4.94. The molecular formula is C24H24O6. The minimum absolute atomic E-state index is 0.122. The topological polar surface area (TPSA) is 78.9 Å². The zero-order chi connectivity index (χ0) is 21.7. The summed E-state index contributed by atoms with van der Waals surface area (Å²) in [6.45, 7) is 5.63. The van der Waals surface area contributed by atoms with Gasteiger partial charge in [-0.15, -0.1) is 0 Å². The van der Waals surface area contributed by atoms with E-state index in [9.17, 15) is 14.4 Å². The molecule has 0 spiro atoms. The fourth-order valence-electron chi connectivity index (χ4n) is 3.68. The van der Waals surface area contributed by atoms with Gasteiger partial charge in [-0.1, -0.05) is 36.4 Å². The van der Waals surface area contributed by atoms with Gasteiger partial charge in [0.2, 0.25) is 5.41 Å². The van der Waals surface area contributed by atoms with Crippen LogP contribution in [0.15, 0.2) is 48.5 Å². The lowest BCUT2D eigenvalue weighted by Crippen LogP contribution is -2.46. The van der Waals surface area contributed by atoms with Crippen LogP contribution in [0.1, 0.15) is 47.8 Å². The minimum Gasteiger partial charge on any atom is -0.465 e. The molecule has 0 aliphatic heterocycles. The molecule has 0 amide bonds. The van der Waals surface area contributed by atoms with Crippen LogP contribution in [0.2, 0.25) is 0 Å². The average molecular weight is 408 g/mol. The maximum absolute atomic E-state index is 13.3. The molecule has 0 radical (unpaired) electrons. The molecule has 0 heterocycles. The number of esters is 3. The molecule has 2 aromatic rings. The molecule has 0 saturated carbocycles. The van der Waals surface area contributed by atoms with Gasteiger partial charge in [0.15, 0.2) is 0 Å². The summed E-state index contributed by atoms with van der Waals surface area (Å²) < 4.78 is 15.7. The highest BCUT2D eigenvalue weighted by molar-refractivity contribution is 6.23. The van der Waals surface area contributed by atoms with Crippen LogP contribution in [-0.2, 0) is 29.2 Å². The SMILES string of the molecule is CCOC(=O)c1ccc(C2=Cc3ccccc3C2(C(=O)OCC)C(=O)OCC)cc1. The number of rotatable bonds is 7. The maximum Gasteiger partial charge on any atom is 0.338 e. The summed E-state index contributed by atoms with van der Waals surface area (Å²) >= 11 is 0. The monoisotopic (exact) mass is 408 g/mol. The zero-order valence-electron chi connectivity index (χ0n) is 17.3. The molecule has 6 nitrogen and oxygen atoms in total. The molecule has 0 aromatic heterocycles. The summed E-state index contributed by atoms with van der Waals surface area (Å²) in [5.74, 6) is -1.81. The maximum atomic E-state index is 13.3. The first kappa shape index (κ1) is 21.3. The van der Waals surface area contributed by atoms with Crippen LogP contribution in [0, 0.1) is 0 Å². The van der Waals surface area contributed by atoms with Gasteiger partial charge in [-0.2, -0.15) is 0 Å². The first-order chi connectivity index (χ1) is 14.5. The molecule has 1 aliphatic rings. The van der Waals surface area contributed by atoms with Crippen molar-refractivity contribution in [3.63, 3.8) is 0 Å². The van der Waals surface area contributed by atoms with E-state index < -0.39 is 23.3 Å². The Morgan fingerprint density at radius 2 is 1.33 bits per heavy atom. The van der Waals surface area contributed by atoms with Gasteiger partial charge in [-0.25, -0.2) is 4.79 Å². The van der Waals surface area contributed by atoms with Crippen molar-refractivity contribution in [1.29, 1.82) is 0 Å². The summed E-state index contributed by atoms with van der Waals surface area (Å²) in [6.07, 6.45) is 1.79. The third-order valence-corrected chi connectivity index (χ3v) is 4.94. The van der Waals surface area contributed by atoms with Crippen molar-refractivity contribution >= 4 is 29.6 Å². The summed E-state index contributed by atoms with van der Waals surface area (Å²) in [4.78, 5) is 38.5. The van der Waals surface area contributed by atoms with Crippen LogP contribution >= 0.6 is 0 Å². The van der Waals surface area contributed by atoms with Crippen molar-refractivity contribution < 1.29 is 28.6 Å². The predicted octanol–water partition coefficient (Wildman–Crippen LogP) is 3.78. The van der Waals surface area contributed by atoms with Gasteiger partial charge in [0, 0.05) is 0 Å². The number of benzene rings is 2. The lowest BCUT2D eigenvalue weighted by Gasteiger charge is -2.29. The fraction of sp³-hybridized carbons (Fsp3) is 0.292. The Balaban J connectivity index is 2.17.